The molecule has 1 heterocycles. The van der Waals surface area contributed by atoms with Gasteiger partial charge in [-0.15, -0.1) is 0 Å². The fourth-order valence-corrected chi connectivity index (χ4v) is 2.73. The minimum Gasteiger partial charge on any atom is -1.00 e. The molecule has 1 aromatic heterocycles. The lowest BCUT2D eigenvalue weighted by Crippen LogP contribution is -3.00. The third kappa shape index (κ3) is 5.57. The summed E-state index contributed by atoms with van der Waals surface area (Å²) >= 11 is 0. The molecule has 0 atom stereocenters. The molecule has 0 aliphatic carbocycles. The average molecular weight is 380 g/mol. The van der Waals surface area contributed by atoms with Crippen molar-refractivity contribution in [1.82, 2.24) is 9.97 Å². The van der Waals surface area contributed by atoms with Crippen molar-refractivity contribution in [3.8, 4) is 0 Å². The Balaban J connectivity index is 0.00000338. The second kappa shape index (κ2) is 9.94. The fraction of sp³-hybridized carbons (Fsp3) is 0.389. The van der Waals surface area contributed by atoms with Crippen LogP contribution in [-0.2, 0) is 11.3 Å². The topological polar surface area (TPSA) is 92.8 Å². The minimum absolute atomic E-state index is 0. The van der Waals surface area contributed by atoms with Crippen molar-refractivity contribution in [2.75, 3.05) is 24.3 Å². The number of quaternary nitrogens is 1. The Kier molecular flexibility index (Phi) is 8.28. The second-order valence-corrected chi connectivity index (χ2v) is 5.86. The van der Waals surface area contributed by atoms with Gasteiger partial charge in [-0.3, -0.25) is 10.6 Å². The summed E-state index contributed by atoms with van der Waals surface area (Å²) in [5.74, 6) is 1.16. The fourth-order valence-electron chi connectivity index (χ4n) is 2.73. The van der Waals surface area contributed by atoms with Crippen molar-refractivity contribution >= 4 is 23.5 Å². The van der Waals surface area contributed by atoms with Crippen LogP contribution in [0.1, 0.15) is 29.2 Å². The normalized spacial score (nSPS) is 10.0. The van der Waals surface area contributed by atoms with Crippen molar-refractivity contribution in [3.05, 3.63) is 40.6 Å². The van der Waals surface area contributed by atoms with E-state index in [9.17, 15) is 4.79 Å². The van der Waals surface area contributed by atoms with Crippen molar-refractivity contribution < 1.29 is 27.3 Å². The number of benzene rings is 1. The van der Waals surface area contributed by atoms with E-state index < -0.39 is 6.09 Å². The number of aryl methyl sites for hydroxylation is 3. The zero-order chi connectivity index (χ0) is 18.4. The zero-order valence-electron chi connectivity index (χ0n) is 15.8. The van der Waals surface area contributed by atoms with Gasteiger partial charge in [0.25, 0.3) is 5.82 Å². The molecule has 142 valence electrons. The molecule has 1 amide bonds. The van der Waals surface area contributed by atoms with Crippen LogP contribution in [0.2, 0.25) is 0 Å². The molecule has 1 aromatic carbocycles. The molecule has 0 unspecified atom stereocenters. The molecule has 7 nitrogen and oxygen atoms in total. The van der Waals surface area contributed by atoms with E-state index in [1.807, 2.05) is 12.4 Å². The lowest BCUT2D eigenvalue weighted by atomic mass is 10.00. The third-order valence-corrected chi connectivity index (χ3v) is 3.87. The molecule has 26 heavy (non-hydrogen) atoms. The van der Waals surface area contributed by atoms with Crippen LogP contribution in [0.25, 0.3) is 0 Å². The van der Waals surface area contributed by atoms with E-state index in [2.05, 4.69) is 53.5 Å². The van der Waals surface area contributed by atoms with Crippen molar-refractivity contribution in [2.24, 2.45) is 0 Å². The molecule has 8 heteroatoms. The molecule has 4 N–H and O–H groups in total. The molecule has 0 bridgehead atoms. The van der Waals surface area contributed by atoms with Gasteiger partial charge in [-0.25, -0.2) is 9.78 Å². The number of nitrogens with two attached hydrogens (primary N) is 1. The number of carbonyl (C=O) groups excluding carboxylic acids is 1. The second-order valence-electron chi connectivity index (χ2n) is 5.86. The smallest absolute Gasteiger partial charge is 0.411 e. The van der Waals surface area contributed by atoms with Crippen LogP contribution in [0.15, 0.2) is 18.3 Å². The van der Waals surface area contributed by atoms with Gasteiger partial charge >= 0.3 is 6.09 Å². The Morgan fingerprint density at radius 2 is 1.88 bits per heavy atom. The van der Waals surface area contributed by atoms with E-state index in [0.717, 1.165) is 0 Å². The summed E-state index contributed by atoms with van der Waals surface area (Å²) in [6.45, 7) is 9.02. The number of hydrogen-bond acceptors (Lipinski definition) is 5. The molecule has 0 aliphatic heterocycles. The molecule has 0 saturated heterocycles. The van der Waals surface area contributed by atoms with Crippen LogP contribution in [0.5, 0.6) is 0 Å². The molecule has 2 aromatic rings. The molecular formula is C18H26ClN5O2. The van der Waals surface area contributed by atoms with Gasteiger partial charge in [0.15, 0.2) is 0 Å². The van der Waals surface area contributed by atoms with Gasteiger partial charge < -0.3 is 22.5 Å². The first-order valence-electron chi connectivity index (χ1n) is 8.35. The number of nitrogens with one attached hydrogen (secondary N) is 2. The van der Waals surface area contributed by atoms with E-state index in [-0.39, 0.29) is 12.4 Å². The van der Waals surface area contributed by atoms with Gasteiger partial charge in [-0.1, -0.05) is 17.7 Å². The number of carbonyl (C=O) groups is 1. The Labute approximate surface area is 160 Å². The zero-order valence-corrected chi connectivity index (χ0v) is 16.6. The van der Waals surface area contributed by atoms with Crippen LogP contribution < -0.4 is 28.4 Å². The minimum atomic E-state index is -0.513. The van der Waals surface area contributed by atoms with Crippen LogP contribution in [0, 0.1) is 20.8 Å². The standard InChI is InChI=1S/C18H25N5O2.ClH/c1-6-25-18(24)22-15-10-21-17(23-16(15)19-5)20-9-14-12(3)7-11(2)8-13(14)4;/h7-8,10H,6,9H2,1-5H3,(H,22,24)(H2,19,20,21,23);1H. The van der Waals surface area contributed by atoms with E-state index in [0.29, 0.717) is 30.6 Å². The summed E-state index contributed by atoms with van der Waals surface area (Å²) in [5.41, 5.74) is 5.51. The van der Waals surface area contributed by atoms with Crippen LogP contribution in [0.3, 0.4) is 0 Å². The number of halogens is 1. The molecule has 0 radical (unpaired) electrons. The van der Waals surface area contributed by atoms with E-state index in [1.54, 1.807) is 13.1 Å². The van der Waals surface area contributed by atoms with Crippen molar-refractivity contribution in [1.29, 1.82) is 0 Å². The Bertz CT molecular complexity index is 744. The van der Waals surface area contributed by atoms with Crippen LogP contribution in [0.4, 0.5) is 22.2 Å². The first-order chi connectivity index (χ1) is 11.9. The third-order valence-electron chi connectivity index (χ3n) is 3.87. The Hall–Kier alpha value is -2.38. The van der Waals surface area contributed by atoms with Crippen LogP contribution >= 0.6 is 0 Å². The van der Waals surface area contributed by atoms with Gasteiger partial charge in [0.1, 0.15) is 5.69 Å². The predicted octanol–water partition coefficient (Wildman–Crippen LogP) is -0.589. The number of nitrogens with zero attached hydrogens (tertiary/aromatic N) is 2. The summed E-state index contributed by atoms with van der Waals surface area (Å²) in [6.07, 6.45) is 1.07. The van der Waals surface area contributed by atoms with Crippen molar-refractivity contribution in [2.45, 2.75) is 34.2 Å². The van der Waals surface area contributed by atoms with Crippen LogP contribution in [-0.4, -0.2) is 29.7 Å². The summed E-state index contributed by atoms with van der Waals surface area (Å²) in [5, 5.41) is 7.72. The number of anilines is 2. The highest BCUT2D eigenvalue weighted by Crippen LogP contribution is 2.19. The highest BCUT2D eigenvalue weighted by atomic mass is 35.5. The molecule has 0 saturated carbocycles. The number of rotatable bonds is 6. The average Bonchev–Trinajstić information content (AvgIpc) is 2.55. The number of ether oxygens (including phenoxy) is 1. The van der Waals surface area contributed by atoms with Gasteiger partial charge in [0, 0.05) is 6.54 Å². The highest BCUT2D eigenvalue weighted by Gasteiger charge is 2.13. The first kappa shape index (κ1) is 21.7. The summed E-state index contributed by atoms with van der Waals surface area (Å²) < 4.78 is 4.88. The monoisotopic (exact) mass is 379 g/mol. The van der Waals surface area contributed by atoms with Crippen molar-refractivity contribution in [3.63, 3.8) is 0 Å². The number of hydrogen-bond donors (Lipinski definition) is 3. The van der Waals surface area contributed by atoms with E-state index >= 15 is 0 Å². The van der Waals surface area contributed by atoms with Gasteiger partial charge in [0.2, 0.25) is 5.95 Å². The first-order valence-corrected chi connectivity index (χ1v) is 8.35. The quantitative estimate of drug-likeness (QED) is 0.624. The Morgan fingerprint density at radius 1 is 1.23 bits per heavy atom. The maximum atomic E-state index is 11.6. The molecule has 0 spiro atoms. The maximum Gasteiger partial charge on any atom is 0.411 e. The lowest BCUT2D eigenvalue weighted by molar-refractivity contribution is -0.542. The maximum absolute atomic E-state index is 11.6. The summed E-state index contributed by atoms with van der Waals surface area (Å²) in [7, 11) is 1.86. The van der Waals surface area contributed by atoms with Gasteiger partial charge in [-0.2, -0.15) is 4.98 Å². The number of aromatic nitrogens is 2. The summed E-state index contributed by atoms with van der Waals surface area (Å²) in [4.78, 5) is 20.3. The SMILES string of the molecule is CCOC(=O)Nc1cnc(NCc2c(C)cc(C)cc2C)nc1[NH2+]C.[Cl-]. The molecular weight excluding hydrogens is 354 g/mol. The van der Waals surface area contributed by atoms with Gasteiger partial charge in [-0.05, 0) is 44.4 Å². The van der Waals surface area contributed by atoms with E-state index in [1.165, 1.54) is 22.3 Å². The number of amides is 1. The molecule has 0 aliphatic rings. The molecule has 0 fully saturated rings. The summed E-state index contributed by atoms with van der Waals surface area (Å²) in [6, 6.07) is 4.34. The Morgan fingerprint density at radius 3 is 2.46 bits per heavy atom. The lowest BCUT2D eigenvalue weighted by Gasteiger charge is -2.13. The predicted molar refractivity (Wildman–Crippen MR) is 98.2 cm³/mol. The highest BCUT2D eigenvalue weighted by molar-refractivity contribution is 5.86. The largest absolute Gasteiger partial charge is 1.00 e. The van der Waals surface area contributed by atoms with E-state index in [4.69, 9.17) is 4.74 Å². The molecule has 2 rings (SSSR count). The van der Waals surface area contributed by atoms with Gasteiger partial charge in [0.05, 0.1) is 19.9 Å².